The van der Waals surface area contributed by atoms with E-state index in [1.54, 1.807) is 0 Å². The van der Waals surface area contributed by atoms with Gasteiger partial charge < -0.3 is 5.11 Å². The van der Waals surface area contributed by atoms with Gasteiger partial charge in [0.05, 0.1) is 0 Å². The van der Waals surface area contributed by atoms with Crippen molar-refractivity contribution in [2.75, 3.05) is 11.9 Å². The van der Waals surface area contributed by atoms with E-state index in [9.17, 15) is 0 Å². The first kappa shape index (κ1) is 10.9. The Labute approximate surface area is 76.9 Å². The van der Waals surface area contributed by atoms with E-state index in [2.05, 4.69) is 28.9 Å². The molecule has 0 spiro atoms. The Balaban J connectivity index is 3.89. The quantitative estimate of drug-likeness (QED) is 0.569. The molecule has 0 aliphatic rings. The van der Waals surface area contributed by atoms with Gasteiger partial charge in [-0.3, -0.25) is 0 Å². The molecule has 0 aromatic carbocycles. The van der Waals surface area contributed by atoms with E-state index in [0.717, 1.165) is 11.8 Å². The molecule has 0 atom stereocenters. The minimum Gasteiger partial charge on any atom is -0.396 e. The molecule has 0 aliphatic carbocycles. The number of aliphatic hydroxyl groups is 1. The van der Waals surface area contributed by atoms with Gasteiger partial charge in [0.2, 0.25) is 0 Å². The molecule has 0 aliphatic heterocycles. The number of rotatable bonds is 4. The number of halogens is 1. The van der Waals surface area contributed by atoms with Crippen molar-refractivity contribution >= 4 is 15.9 Å². The first-order chi connectivity index (χ1) is 5.20. The zero-order valence-electron chi connectivity index (χ0n) is 7.10. The van der Waals surface area contributed by atoms with Crippen molar-refractivity contribution in [2.45, 2.75) is 20.3 Å². The predicted molar refractivity (Wildman–Crippen MR) is 53.0 cm³/mol. The number of alkyl halides is 1. The highest BCUT2D eigenvalue weighted by atomic mass is 79.9. The Bertz CT molecular complexity index is 159. The van der Waals surface area contributed by atoms with Gasteiger partial charge in [-0.2, -0.15) is 0 Å². The monoisotopic (exact) mass is 218 g/mol. The van der Waals surface area contributed by atoms with Crippen LogP contribution in [0, 0.1) is 0 Å². The smallest absolute Gasteiger partial charge is 0.0468 e. The Morgan fingerprint density at radius 1 is 1.27 bits per heavy atom. The molecule has 0 amide bonds. The number of hydrogen-bond donors (Lipinski definition) is 1. The summed E-state index contributed by atoms with van der Waals surface area (Å²) in [6.45, 7) is 4.33. The van der Waals surface area contributed by atoms with Gasteiger partial charge >= 0.3 is 0 Å². The van der Waals surface area contributed by atoms with Crippen LogP contribution in [0.3, 0.4) is 0 Å². The van der Waals surface area contributed by atoms with Crippen LogP contribution < -0.4 is 0 Å². The minimum atomic E-state index is 0.240. The van der Waals surface area contributed by atoms with E-state index in [1.807, 2.05) is 13.0 Å². The summed E-state index contributed by atoms with van der Waals surface area (Å²) in [6.07, 6.45) is 4.89. The third-order valence-electron chi connectivity index (χ3n) is 1.37. The molecular weight excluding hydrogens is 204 g/mol. The second-order valence-corrected chi connectivity index (χ2v) is 3.19. The van der Waals surface area contributed by atoms with Gasteiger partial charge in [0.25, 0.3) is 0 Å². The summed E-state index contributed by atoms with van der Waals surface area (Å²) in [4.78, 5) is 0. The molecule has 64 valence electrons. The fraction of sp³-hybridized carbons (Fsp3) is 0.556. The third-order valence-corrected chi connectivity index (χ3v) is 2.25. The van der Waals surface area contributed by atoms with Gasteiger partial charge in [0.15, 0.2) is 0 Å². The van der Waals surface area contributed by atoms with Gasteiger partial charge in [-0.15, -0.1) is 0 Å². The summed E-state index contributed by atoms with van der Waals surface area (Å²) in [7, 11) is 0. The van der Waals surface area contributed by atoms with Crippen LogP contribution in [0.4, 0.5) is 0 Å². The van der Waals surface area contributed by atoms with Crippen LogP contribution in [0.5, 0.6) is 0 Å². The van der Waals surface area contributed by atoms with Gasteiger partial charge in [-0.05, 0) is 20.3 Å². The van der Waals surface area contributed by atoms with Crippen molar-refractivity contribution in [3.63, 3.8) is 0 Å². The van der Waals surface area contributed by atoms with Crippen molar-refractivity contribution in [1.82, 2.24) is 0 Å². The number of aliphatic hydroxyl groups excluding tert-OH is 1. The zero-order valence-corrected chi connectivity index (χ0v) is 8.69. The average molecular weight is 219 g/mol. The van der Waals surface area contributed by atoms with E-state index in [1.165, 1.54) is 11.1 Å². The topological polar surface area (TPSA) is 20.2 Å². The van der Waals surface area contributed by atoms with Crippen molar-refractivity contribution in [3.05, 3.63) is 23.3 Å². The largest absolute Gasteiger partial charge is 0.396 e. The maximum absolute atomic E-state index is 8.59. The third kappa shape index (κ3) is 6.32. The Hall–Kier alpha value is -0.0800. The molecule has 2 heteroatoms. The lowest BCUT2D eigenvalue weighted by molar-refractivity contribution is 0.299. The van der Waals surface area contributed by atoms with Crippen molar-refractivity contribution in [1.29, 1.82) is 0 Å². The standard InChI is InChI=1S/C9H15BrO/c1-8(5-6-11)3-4-9(2)7-10/h3-4,11H,5-7H2,1-2H3/b8-3+,9-4+. The van der Waals surface area contributed by atoms with E-state index < -0.39 is 0 Å². The minimum absolute atomic E-state index is 0.240. The van der Waals surface area contributed by atoms with Crippen LogP contribution in [0.15, 0.2) is 23.3 Å². The average Bonchev–Trinajstić information content (AvgIpc) is 2.01. The predicted octanol–water partition coefficient (Wildman–Crippen LogP) is 2.66. The normalized spacial score (nSPS) is 13.8. The van der Waals surface area contributed by atoms with Gasteiger partial charge in [0.1, 0.15) is 0 Å². The molecule has 0 bridgehead atoms. The maximum atomic E-state index is 8.59. The molecule has 0 aromatic rings. The lowest BCUT2D eigenvalue weighted by Gasteiger charge is -1.94. The van der Waals surface area contributed by atoms with Crippen molar-refractivity contribution in [2.24, 2.45) is 0 Å². The number of allylic oxidation sites excluding steroid dienone is 3. The summed E-state index contributed by atoms with van der Waals surface area (Å²) < 4.78 is 0. The molecule has 0 rings (SSSR count). The summed E-state index contributed by atoms with van der Waals surface area (Å²) in [6, 6.07) is 0. The highest BCUT2D eigenvalue weighted by Crippen LogP contribution is 2.02. The Morgan fingerprint density at radius 2 is 1.82 bits per heavy atom. The lowest BCUT2D eigenvalue weighted by Crippen LogP contribution is -1.83. The second kappa shape index (κ2) is 6.62. The van der Waals surface area contributed by atoms with Crippen molar-refractivity contribution in [3.8, 4) is 0 Å². The fourth-order valence-electron chi connectivity index (χ4n) is 0.589. The van der Waals surface area contributed by atoms with Crippen LogP contribution in [0.2, 0.25) is 0 Å². The molecule has 1 N–H and O–H groups in total. The molecule has 0 fully saturated rings. The Morgan fingerprint density at radius 3 is 2.27 bits per heavy atom. The molecule has 0 unspecified atom stereocenters. The molecule has 11 heavy (non-hydrogen) atoms. The van der Waals surface area contributed by atoms with Crippen LogP contribution in [-0.2, 0) is 0 Å². The molecule has 0 aromatic heterocycles. The summed E-state index contributed by atoms with van der Waals surface area (Å²) in [5.74, 6) is 0. The fourth-order valence-corrected chi connectivity index (χ4v) is 0.776. The highest BCUT2D eigenvalue weighted by Gasteiger charge is 1.86. The summed E-state index contributed by atoms with van der Waals surface area (Å²) in [5, 5.41) is 9.50. The second-order valence-electron chi connectivity index (χ2n) is 2.63. The molecule has 0 saturated carbocycles. The molecule has 0 radical (unpaired) electrons. The van der Waals surface area contributed by atoms with Gasteiger partial charge in [0, 0.05) is 11.9 Å². The van der Waals surface area contributed by atoms with Crippen LogP contribution in [0.1, 0.15) is 20.3 Å². The van der Waals surface area contributed by atoms with E-state index >= 15 is 0 Å². The molecule has 1 nitrogen and oxygen atoms in total. The van der Waals surface area contributed by atoms with Crippen molar-refractivity contribution < 1.29 is 5.11 Å². The number of hydrogen-bond acceptors (Lipinski definition) is 1. The van der Waals surface area contributed by atoms with Crippen LogP contribution in [-0.4, -0.2) is 17.0 Å². The Kier molecular flexibility index (Phi) is 6.57. The zero-order chi connectivity index (χ0) is 8.69. The maximum Gasteiger partial charge on any atom is 0.0468 e. The summed E-state index contributed by atoms with van der Waals surface area (Å²) >= 11 is 3.36. The van der Waals surface area contributed by atoms with E-state index in [0.29, 0.717) is 0 Å². The first-order valence-corrected chi connectivity index (χ1v) is 4.82. The molecular formula is C9H15BrO. The van der Waals surface area contributed by atoms with Crippen LogP contribution >= 0.6 is 15.9 Å². The first-order valence-electron chi connectivity index (χ1n) is 3.70. The lowest BCUT2D eigenvalue weighted by atomic mass is 10.2. The molecule has 0 saturated heterocycles. The van der Waals surface area contributed by atoms with Crippen LogP contribution in [0.25, 0.3) is 0 Å². The molecule has 0 heterocycles. The van der Waals surface area contributed by atoms with Gasteiger partial charge in [-0.1, -0.05) is 39.2 Å². The van der Waals surface area contributed by atoms with Gasteiger partial charge in [-0.25, -0.2) is 0 Å². The van der Waals surface area contributed by atoms with E-state index in [-0.39, 0.29) is 6.61 Å². The van der Waals surface area contributed by atoms with E-state index in [4.69, 9.17) is 5.11 Å². The summed E-state index contributed by atoms with van der Waals surface area (Å²) in [5.41, 5.74) is 2.51. The highest BCUT2D eigenvalue weighted by molar-refractivity contribution is 9.09. The SMILES string of the molecule is C/C(=C\C=C(/C)CCO)CBr.